The van der Waals surface area contributed by atoms with Crippen LogP contribution in [0.4, 0.5) is 0 Å². The van der Waals surface area contributed by atoms with E-state index < -0.39 is 8.80 Å². The molecule has 0 atom stereocenters. The largest absolute Gasteiger partial charge is 0.499 e. The summed E-state index contributed by atoms with van der Waals surface area (Å²) in [5, 5.41) is 0. The third-order valence-electron chi connectivity index (χ3n) is 1.76. The molecule has 0 aliphatic carbocycles. The fourth-order valence-corrected chi connectivity index (χ4v) is 2.19. The Hall–Kier alpha value is -0.0231. The van der Waals surface area contributed by atoms with Crippen molar-refractivity contribution in [2.45, 2.75) is 26.3 Å². The fraction of sp³-hybridized carbons (Fsp3) is 1.00. The lowest BCUT2D eigenvalue weighted by Gasteiger charge is -2.22. The standard InChI is InChI=1S/C5H14O3Si.C3H10N2.H3N/c1-5-9(6-2,7-3)8-4;1-2-3-5-4;/h5H2,1-4H3;5H,2-4H2,1H3;1H3. The Bertz CT molecular complexity index is 95.8. The molecule has 0 bridgehead atoms. The van der Waals surface area contributed by atoms with Crippen molar-refractivity contribution in [3.8, 4) is 0 Å². The van der Waals surface area contributed by atoms with Crippen LogP contribution in [0.1, 0.15) is 20.3 Å². The van der Waals surface area contributed by atoms with Crippen molar-refractivity contribution in [3.05, 3.63) is 0 Å². The maximum absolute atomic E-state index is 5.08. The number of nitrogens with two attached hydrogens (primary N) is 1. The highest BCUT2D eigenvalue weighted by molar-refractivity contribution is 6.60. The summed E-state index contributed by atoms with van der Waals surface area (Å²) in [5.74, 6) is 4.89. The highest BCUT2D eigenvalue weighted by Gasteiger charge is 2.34. The number of hydrogen-bond donors (Lipinski definition) is 3. The average molecular weight is 241 g/mol. The van der Waals surface area contributed by atoms with Gasteiger partial charge in [0, 0.05) is 33.9 Å². The van der Waals surface area contributed by atoms with E-state index in [2.05, 4.69) is 12.3 Å². The van der Waals surface area contributed by atoms with Crippen molar-refractivity contribution in [3.63, 3.8) is 0 Å². The van der Waals surface area contributed by atoms with Crippen LogP contribution in [0.5, 0.6) is 0 Å². The summed E-state index contributed by atoms with van der Waals surface area (Å²) in [6.45, 7) is 4.97. The van der Waals surface area contributed by atoms with Gasteiger partial charge in [-0.15, -0.1) is 0 Å². The molecule has 0 aliphatic heterocycles. The molecule has 0 aromatic rings. The van der Waals surface area contributed by atoms with E-state index in [-0.39, 0.29) is 6.15 Å². The van der Waals surface area contributed by atoms with Crippen LogP contribution in [-0.4, -0.2) is 36.7 Å². The summed E-state index contributed by atoms with van der Waals surface area (Å²) >= 11 is 0. The first kappa shape index (κ1) is 20.4. The van der Waals surface area contributed by atoms with E-state index in [1.807, 2.05) is 6.92 Å². The lowest BCUT2D eigenvalue weighted by molar-refractivity contribution is 0.125. The summed E-state index contributed by atoms with van der Waals surface area (Å²) in [6, 6.07) is 0.816. The molecule has 0 saturated carbocycles. The second kappa shape index (κ2) is 14.0. The van der Waals surface area contributed by atoms with E-state index in [0.717, 1.165) is 19.0 Å². The Morgan fingerprint density at radius 3 is 1.47 bits per heavy atom. The predicted octanol–water partition coefficient (Wildman–Crippen LogP) is 0.906. The van der Waals surface area contributed by atoms with Gasteiger partial charge in [-0.25, -0.2) is 0 Å². The first-order valence-corrected chi connectivity index (χ1v) is 6.68. The fourth-order valence-electron chi connectivity index (χ4n) is 0.827. The first-order valence-electron chi connectivity index (χ1n) is 4.75. The zero-order chi connectivity index (χ0) is 11.4. The maximum Gasteiger partial charge on any atom is 0.499 e. The molecular formula is C8H27N3O3Si. The second-order valence-electron chi connectivity index (χ2n) is 2.60. The highest BCUT2D eigenvalue weighted by Crippen LogP contribution is 2.10. The van der Waals surface area contributed by atoms with Gasteiger partial charge in [-0.1, -0.05) is 13.8 Å². The van der Waals surface area contributed by atoms with Crippen LogP contribution in [-0.2, 0) is 13.3 Å². The molecule has 0 fully saturated rings. The Morgan fingerprint density at radius 2 is 1.47 bits per heavy atom. The van der Waals surface area contributed by atoms with Crippen molar-refractivity contribution in [2.24, 2.45) is 5.84 Å². The van der Waals surface area contributed by atoms with Crippen LogP contribution in [0, 0.1) is 0 Å². The average Bonchev–Trinajstić information content (AvgIpc) is 2.24. The van der Waals surface area contributed by atoms with Gasteiger partial charge >= 0.3 is 8.80 Å². The minimum atomic E-state index is -2.19. The monoisotopic (exact) mass is 241 g/mol. The topological polar surface area (TPSA) is 101 Å². The summed E-state index contributed by atoms with van der Waals surface area (Å²) in [6.07, 6.45) is 1.11. The molecule has 0 aromatic carbocycles. The molecule has 0 rings (SSSR count). The third kappa shape index (κ3) is 10.3. The van der Waals surface area contributed by atoms with Gasteiger partial charge in [-0.05, 0) is 6.42 Å². The minimum absolute atomic E-state index is 0. The van der Waals surface area contributed by atoms with Gasteiger partial charge < -0.3 is 19.4 Å². The third-order valence-corrected chi connectivity index (χ3v) is 4.49. The molecule has 0 amide bonds. The molecule has 0 radical (unpaired) electrons. The van der Waals surface area contributed by atoms with Gasteiger partial charge in [0.1, 0.15) is 0 Å². The Morgan fingerprint density at radius 1 is 1.07 bits per heavy atom. The Balaban J connectivity index is -0.000000208. The van der Waals surface area contributed by atoms with Crippen LogP contribution in [0.25, 0.3) is 0 Å². The molecule has 0 spiro atoms. The smallest absolute Gasteiger partial charge is 0.377 e. The van der Waals surface area contributed by atoms with E-state index in [4.69, 9.17) is 19.1 Å². The van der Waals surface area contributed by atoms with Gasteiger partial charge in [-0.3, -0.25) is 11.3 Å². The first-order chi connectivity index (χ1) is 6.66. The van der Waals surface area contributed by atoms with E-state index >= 15 is 0 Å². The molecule has 6 nitrogen and oxygen atoms in total. The zero-order valence-corrected chi connectivity index (χ0v) is 11.6. The van der Waals surface area contributed by atoms with Crippen LogP contribution in [0.15, 0.2) is 0 Å². The Labute approximate surface area is 94.4 Å². The molecule has 0 aromatic heterocycles. The number of nitrogens with one attached hydrogen (secondary N) is 1. The Kier molecular flexibility index (Phi) is 19.0. The maximum atomic E-state index is 5.08. The van der Waals surface area contributed by atoms with Gasteiger partial charge in [0.15, 0.2) is 0 Å². The van der Waals surface area contributed by atoms with E-state index in [9.17, 15) is 0 Å². The van der Waals surface area contributed by atoms with E-state index in [1.165, 1.54) is 0 Å². The lowest BCUT2D eigenvalue weighted by atomic mass is 10.5. The van der Waals surface area contributed by atoms with E-state index in [1.54, 1.807) is 21.3 Å². The van der Waals surface area contributed by atoms with Crippen LogP contribution in [0.2, 0.25) is 6.04 Å². The molecule has 6 N–H and O–H groups in total. The molecule has 0 unspecified atom stereocenters. The van der Waals surface area contributed by atoms with Crippen LogP contribution >= 0.6 is 0 Å². The van der Waals surface area contributed by atoms with Gasteiger partial charge in [-0.2, -0.15) is 0 Å². The molecule has 0 saturated heterocycles. The van der Waals surface area contributed by atoms with Crippen molar-refractivity contribution in [1.29, 1.82) is 0 Å². The van der Waals surface area contributed by atoms with Crippen molar-refractivity contribution < 1.29 is 13.3 Å². The van der Waals surface area contributed by atoms with Gasteiger partial charge in [0.2, 0.25) is 0 Å². The number of rotatable bonds is 6. The summed E-state index contributed by atoms with van der Waals surface area (Å²) in [4.78, 5) is 0. The van der Waals surface area contributed by atoms with Crippen molar-refractivity contribution in [1.82, 2.24) is 11.6 Å². The molecular weight excluding hydrogens is 214 g/mol. The quantitative estimate of drug-likeness (QED) is 0.363. The van der Waals surface area contributed by atoms with E-state index in [0.29, 0.717) is 0 Å². The molecule has 15 heavy (non-hydrogen) atoms. The second-order valence-corrected chi connectivity index (χ2v) is 5.90. The summed E-state index contributed by atoms with van der Waals surface area (Å²) in [7, 11) is 2.65. The zero-order valence-electron chi connectivity index (χ0n) is 10.6. The van der Waals surface area contributed by atoms with Crippen LogP contribution in [0.3, 0.4) is 0 Å². The molecule has 7 heteroatoms. The molecule has 0 aliphatic rings. The SMILES string of the molecule is CCCNN.CC[Si](OC)(OC)OC.N. The molecule has 0 heterocycles. The normalized spacial score (nSPS) is 10.0. The van der Waals surface area contributed by atoms with Gasteiger partial charge in [0.05, 0.1) is 0 Å². The van der Waals surface area contributed by atoms with Crippen LogP contribution < -0.4 is 17.4 Å². The van der Waals surface area contributed by atoms with Crippen molar-refractivity contribution in [2.75, 3.05) is 27.9 Å². The summed E-state index contributed by atoms with van der Waals surface area (Å²) in [5.41, 5.74) is 2.52. The number of hydrogen-bond acceptors (Lipinski definition) is 6. The molecule has 96 valence electrons. The minimum Gasteiger partial charge on any atom is -0.377 e. The van der Waals surface area contributed by atoms with Gasteiger partial charge in [0.25, 0.3) is 0 Å². The summed E-state index contributed by atoms with van der Waals surface area (Å²) < 4.78 is 15.2. The lowest BCUT2D eigenvalue weighted by Crippen LogP contribution is -2.41. The van der Waals surface area contributed by atoms with Crippen molar-refractivity contribution >= 4 is 8.80 Å². The number of hydrazine groups is 1. The predicted molar refractivity (Wildman–Crippen MR) is 64.8 cm³/mol. The highest BCUT2D eigenvalue weighted by atomic mass is 28.4.